The Labute approximate surface area is 223 Å². The molecule has 0 radical (unpaired) electrons. The van der Waals surface area contributed by atoms with Crippen molar-refractivity contribution >= 4 is 21.6 Å². The molecule has 0 aliphatic carbocycles. The predicted molar refractivity (Wildman–Crippen MR) is 124 cm³/mol. The van der Waals surface area contributed by atoms with E-state index in [1.807, 2.05) is 6.92 Å². The van der Waals surface area contributed by atoms with Gasteiger partial charge in [0.25, 0.3) is 0 Å². The maximum absolute atomic E-state index is 12.6. The second kappa shape index (κ2) is 13.8. The summed E-state index contributed by atoms with van der Waals surface area (Å²) in [6.45, 7) is 3.42. The number of ether oxygens (including phenoxy) is 1. The number of carbonyl (C=O) groups is 2. The number of aliphatic hydroxyl groups excluding tert-OH is 1. The summed E-state index contributed by atoms with van der Waals surface area (Å²) in [4.78, 5) is 22.4. The van der Waals surface area contributed by atoms with E-state index in [-0.39, 0.29) is 84.6 Å². The van der Waals surface area contributed by atoms with E-state index in [0.29, 0.717) is 23.3 Å². The molecular weight excluding hydrogens is 471 g/mol. The van der Waals surface area contributed by atoms with Crippen molar-refractivity contribution in [1.82, 2.24) is 0 Å². The minimum atomic E-state index is -3.58. The molecule has 8 nitrogen and oxygen atoms in total. The number of ketones is 1. The summed E-state index contributed by atoms with van der Waals surface area (Å²) in [7, 11) is -3.58. The van der Waals surface area contributed by atoms with E-state index in [0.717, 1.165) is 6.42 Å². The van der Waals surface area contributed by atoms with Crippen LogP contribution in [0.25, 0.3) is 0 Å². The summed E-state index contributed by atoms with van der Waals surface area (Å²) in [5.74, 6) is -1.09. The van der Waals surface area contributed by atoms with Crippen molar-refractivity contribution in [2.24, 2.45) is 0 Å². The molecule has 0 aromatic heterocycles. The second-order valence-electron chi connectivity index (χ2n) is 7.78. The third-order valence-electron chi connectivity index (χ3n) is 5.19. The first-order chi connectivity index (χ1) is 15.6. The fraction of sp³-hybridized carbons (Fsp3) is 0.417. The van der Waals surface area contributed by atoms with Gasteiger partial charge in [0.15, 0.2) is 15.6 Å². The number of hydrogen-bond donors (Lipinski definition) is 3. The minimum absolute atomic E-state index is 0. The van der Waals surface area contributed by atoms with Gasteiger partial charge >= 0.3 is 35.5 Å². The van der Waals surface area contributed by atoms with E-state index in [4.69, 9.17) is 9.84 Å². The van der Waals surface area contributed by atoms with Crippen LogP contribution in [0.4, 0.5) is 0 Å². The van der Waals surface area contributed by atoms with Crippen molar-refractivity contribution < 1.29 is 69.0 Å². The molecule has 0 fully saturated rings. The Bertz CT molecular complexity index is 1090. The molecule has 0 saturated carbocycles. The zero-order valence-corrected chi connectivity index (χ0v) is 22.6. The van der Waals surface area contributed by atoms with Crippen molar-refractivity contribution in [2.45, 2.75) is 57.0 Å². The second-order valence-corrected chi connectivity index (χ2v) is 9.89. The number of sulfone groups is 1. The van der Waals surface area contributed by atoms with Crippen LogP contribution in [0.1, 0.15) is 68.5 Å². The number of benzene rings is 2. The Morgan fingerprint density at radius 1 is 1.12 bits per heavy atom. The van der Waals surface area contributed by atoms with Crippen LogP contribution in [0.3, 0.4) is 0 Å². The van der Waals surface area contributed by atoms with Gasteiger partial charge in [0.05, 0.1) is 28.9 Å². The fourth-order valence-corrected chi connectivity index (χ4v) is 4.69. The molecule has 0 aliphatic rings. The molecule has 2 rings (SSSR count). The Kier molecular flexibility index (Phi) is 12.3. The number of phenols is 1. The normalized spacial score (nSPS) is 12.0. The number of aromatic hydroxyl groups is 1. The Balaban J connectivity index is 0.00000578. The quantitative estimate of drug-likeness (QED) is 0.208. The fourth-order valence-electron chi connectivity index (χ4n) is 3.40. The molecule has 0 bridgehead atoms. The van der Waals surface area contributed by atoms with Crippen molar-refractivity contribution in [2.75, 3.05) is 12.4 Å². The summed E-state index contributed by atoms with van der Waals surface area (Å²) >= 11 is 0. The first-order valence-electron chi connectivity index (χ1n) is 10.8. The number of aliphatic hydroxyl groups is 1. The minimum Gasteiger partial charge on any atom is -1.00 e. The molecule has 2 aromatic rings. The molecule has 10 heteroatoms. The first-order valence-corrected chi connectivity index (χ1v) is 12.4. The van der Waals surface area contributed by atoms with Crippen LogP contribution >= 0.6 is 0 Å². The molecule has 3 N–H and O–H groups in total. The molecule has 1 atom stereocenters. The average Bonchev–Trinajstić information content (AvgIpc) is 2.77. The van der Waals surface area contributed by atoms with Crippen LogP contribution < -0.4 is 34.3 Å². The molecular formula is C24H31NaO8S. The number of hydrogen-bond acceptors (Lipinski definition) is 7. The standard InChI is InChI=1S/C24H30O8S.Na.H/c1-3-5-20-22(12-10-19(16(2)25)24(20)29)32-14-4-15-33(30,31)18-8-6-17(7-9-18)21(26)11-13-23(27)28;;/h6-10,12,21,26,29H,3-5,11,13-15H2,1-2H3,(H,27,28);;/q;+1;-1. The van der Waals surface area contributed by atoms with Crippen LogP contribution in [0, 0.1) is 0 Å². The van der Waals surface area contributed by atoms with Crippen molar-refractivity contribution in [3.8, 4) is 11.5 Å². The molecule has 182 valence electrons. The number of carboxylic acid groups (broad SMARTS) is 1. The average molecular weight is 503 g/mol. The molecule has 0 saturated heterocycles. The van der Waals surface area contributed by atoms with Gasteiger partial charge in [0, 0.05) is 12.0 Å². The molecule has 0 amide bonds. The van der Waals surface area contributed by atoms with Gasteiger partial charge in [-0.2, -0.15) is 0 Å². The van der Waals surface area contributed by atoms with Gasteiger partial charge in [-0.05, 0) is 56.0 Å². The van der Waals surface area contributed by atoms with E-state index in [1.165, 1.54) is 37.3 Å². The zero-order valence-electron chi connectivity index (χ0n) is 20.8. The molecule has 34 heavy (non-hydrogen) atoms. The molecule has 2 aromatic carbocycles. The van der Waals surface area contributed by atoms with Gasteiger partial charge in [0.2, 0.25) is 0 Å². The topological polar surface area (TPSA) is 138 Å². The van der Waals surface area contributed by atoms with Gasteiger partial charge in [-0.1, -0.05) is 25.5 Å². The third kappa shape index (κ3) is 8.39. The summed E-state index contributed by atoms with van der Waals surface area (Å²) in [5.41, 5.74) is 1.21. The van der Waals surface area contributed by atoms with Gasteiger partial charge < -0.3 is 21.5 Å². The largest absolute Gasteiger partial charge is 1.00 e. The monoisotopic (exact) mass is 502 g/mol. The molecule has 0 aliphatic heterocycles. The van der Waals surface area contributed by atoms with E-state index in [1.54, 1.807) is 6.07 Å². The number of Topliss-reactive ketones (excluding diaryl/α,β-unsaturated/α-hetero) is 1. The number of carboxylic acids is 1. The van der Waals surface area contributed by atoms with Crippen molar-refractivity contribution in [3.05, 3.63) is 53.1 Å². The molecule has 1 unspecified atom stereocenters. The zero-order chi connectivity index (χ0) is 24.6. The Morgan fingerprint density at radius 2 is 1.76 bits per heavy atom. The van der Waals surface area contributed by atoms with Gasteiger partial charge in [-0.15, -0.1) is 0 Å². The van der Waals surface area contributed by atoms with Crippen LogP contribution in [0.5, 0.6) is 11.5 Å². The van der Waals surface area contributed by atoms with Crippen LogP contribution in [0.15, 0.2) is 41.3 Å². The number of rotatable bonds is 13. The SMILES string of the molecule is CCCc1c(OCCCS(=O)(=O)c2ccc(C(O)CCC(=O)O)cc2)ccc(C(C)=O)c1O.[H-].[Na+]. The summed E-state index contributed by atoms with van der Waals surface area (Å²) in [6, 6.07) is 8.86. The van der Waals surface area contributed by atoms with E-state index >= 15 is 0 Å². The summed E-state index contributed by atoms with van der Waals surface area (Å²) in [6.07, 6.45) is 0.352. The molecule has 0 heterocycles. The Morgan fingerprint density at radius 3 is 2.32 bits per heavy atom. The third-order valence-corrected chi connectivity index (χ3v) is 7.01. The number of aliphatic carboxylic acids is 1. The van der Waals surface area contributed by atoms with E-state index < -0.39 is 21.9 Å². The van der Waals surface area contributed by atoms with Crippen LogP contribution in [-0.4, -0.2) is 47.8 Å². The van der Waals surface area contributed by atoms with Crippen LogP contribution in [0.2, 0.25) is 0 Å². The maximum atomic E-state index is 12.6. The maximum Gasteiger partial charge on any atom is 1.00 e. The van der Waals surface area contributed by atoms with Gasteiger partial charge in [-0.25, -0.2) is 8.42 Å². The Hall–Kier alpha value is -1.91. The number of carbonyl (C=O) groups excluding carboxylic acids is 1. The molecule has 0 spiro atoms. The van der Waals surface area contributed by atoms with E-state index in [9.17, 15) is 28.2 Å². The summed E-state index contributed by atoms with van der Waals surface area (Å²) in [5, 5.41) is 29.1. The van der Waals surface area contributed by atoms with Gasteiger partial charge in [-0.3, -0.25) is 9.59 Å². The van der Waals surface area contributed by atoms with Crippen molar-refractivity contribution in [1.29, 1.82) is 0 Å². The first kappa shape index (κ1) is 30.1. The predicted octanol–water partition coefficient (Wildman–Crippen LogP) is 0.805. The van der Waals surface area contributed by atoms with Crippen molar-refractivity contribution in [3.63, 3.8) is 0 Å². The van der Waals surface area contributed by atoms with E-state index in [2.05, 4.69) is 0 Å². The number of phenolic OH excluding ortho intramolecular Hbond substituents is 1. The smallest absolute Gasteiger partial charge is 1.00 e. The van der Waals surface area contributed by atoms with Crippen LogP contribution in [-0.2, 0) is 21.1 Å². The van der Waals surface area contributed by atoms with Gasteiger partial charge in [0.1, 0.15) is 11.5 Å². The summed E-state index contributed by atoms with van der Waals surface area (Å²) < 4.78 is 30.9.